The van der Waals surface area contributed by atoms with Crippen LogP contribution in [-0.2, 0) is 74.8 Å². The molecule has 10 atom stereocenters. The van der Waals surface area contributed by atoms with E-state index in [0.717, 1.165) is 21.9 Å². The first-order valence-electron chi connectivity index (χ1n) is 23.7. The Morgan fingerprint density at radius 1 is 0.348 bits per heavy atom. The molecule has 2 fully saturated rings. The van der Waals surface area contributed by atoms with E-state index in [1.165, 1.54) is 53.9 Å². The summed E-state index contributed by atoms with van der Waals surface area (Å²) in [5, 5.41) is 14.6. The zero-order chi connectivity index (χ0) is 47.4. The van der Waals surface area contributed by atoms with E-state index in [9.17, 15) is 0 Å². The van der Waals surface area contributed by atoms with E-state index in [0.29, 0.717) is 39.6 Å². The smallest absolute Gasteiger partial charge is 0.187 e. The Bertz CT molecular complexity index is 2700. The van der Waals surface area contributed by atoms with Crippen LogP contribution in [0.3, 0.4) is 0 Å². The van der Waals surface area contributed by atoms with Gasteiger partial charge in [-0.05, 0) is 75.8 Å². The van der Waals surface area contributed by atoms with Crippen molar-refractivity contribution in [1.82, 2.24) is 0 Å². The number of rotatable bonds is 22. The summed E-state index contributed by atoms with van der Waals surface area (Å²) in [6.07, 6.45) is -5.39. The molecule has 0 amide bonds. The first-order valence-corrected chi connectivity index (χ1v) is 23.7. The van der Waals surface area contributed by atoms with Crippen molar-refractivity contribution in [2.75, 3.05) is 82.3 Å². The van der Waals surface area contributed by atoms with Crippen molar-refractivity contribution in [3.8, 4) is 0 Å². The Morgan fingerprint density at radius 2 is 0.681 bits per heavy atom. The summed E-state index contributed by atoms with van der Waals surface area (Å²) in [4.78, 5) is 0. The van der Waals surface area contributed by atoms with Crippen molar-refractivity contribution in [2.24, 2.45) is 0 Å². The second kappa shape index (κ2) is 21.8. The maximum absolute atomic E-state index is 6.54. The van der Waals surface area contributed by atoms with Crippen LogP contribution in [0.1, 0.15) is 11.1 Å². The van der Waals surface area contributed by atoms with Gasteiger partial charge in [0.05, 0.1) is 52.9 Å². The normalized spacial score (nSPS) is 25.7. The lowest BCUT2D eigenvalue weighted by atomic mass is 9.92. The van der Waals surface area contributed by atoms with Crippen LogP contribution >= 0.6 is 0 Å². The quantitative estimate of drug-likeness (QED) is 0.0476. The standard InChI is InChI=1S/C56H62O13/c1-57-49-43(68-55(53(61-5)51(49)59-3)66-29-39-19-17-37-15-13-33-9-7-11-35-21-23-41(39)47(37)45(33)35)31-64-27-25-63-26-28-65-32-44-50(58-2)52(60-4)54(62-6)56(69-44)67-30-40-20-18-38-16-14-34-10-8-12-36-22-24-42(40)48(38)46(34)36/h7-24,43-44,49-56H,25-32H2,1-6H3/t43-,44-,49+,50+,51+,52+,53-,54-,55+,56+/m1/s1. The van der Waals surface area contributed by atoms with E-state index in [-0.39, 0.29) is 13.2 Å². The van der Waals surface area contributed by atoms with Crippen molar-refractivity contribution in [2.45, 2.75) is 74.6 Å². The summed E-state index contributed by atoms with van der Waals surface area (Å²) < 4.78 is 79.8. The number of ether oxygens (including phenoxy) is 13. The summed E-state index contributed by atoms with van der Waals surface area (Å²) in [6.45, 7) is 2.43. The average molecular weight is 943 g/mol. The molecule has 8 aromatic rings. The molecule has 2 aliphatic heterocycles. The van der Waals surface area contributed by atoms with Crippen LogP contribution in [0.25, 0.3) is 64.6 Å². The van der Waals surface area contributed by atoms with Crippen LogP contribution in [0.4, 0.5) is 0 Å². The Hall–Kier alpha value is -4.68. The van der Waals surface area contributed by atoms with Crippen LogP contribution in [-0.4, -0.2) is 144 Å². The topological polar surface area (TPSA) is 120 Å². The molecule has 13 heteroatoms. The van der Waals surface area contributed by atoms with E-state index < -0.39 is 61.4 Å². The van der Waals surface area contributed by atoms with E-state index in [1.54, 1.807) is 42.7 Å². The summed E-state index contributed by atoms with van der Waals surface area (Å²) in [5.41, 5.74) is 2.12. The second-order valence-corrected chi connectivity index (χ2v) is 17.8. The SMILES string of the molecule is CO[C@H]1[C@@H](OC)[C@@H](COCCOCCOC[C@H]2O[C@H](OCc3ccc4ccc5cccc6ccc3c4c56)[C@H](OC)[C@@H](OC)[C@H]2OC)O[C@H](OCc2ccc3ccc4cccc5ccc2c3c45)[C@@H]1OC. The Labute approximate surface area is 402 Å². The van der Waals surface area contributed by atoms with Gasteiger partial charge in [0.1, 0.15) is 48.8 Å². The van der Waals surface area contributed by atoms with Crippen LogP contribution in [0.5, 0.6) is 0 Å². The van der Waals surface area contributed by atoms with Crippen molar-refractivity contribution < 1.29 is 61.6 Å². The average Bonchev–Trinajstić information content (AvgIpc) is 3.39. The van der Waals surface area contributed by atoms with E-state index >= 15 is 0 Å². The van der Waals surface area contributed by atoms with Gasteiger partial charge in [-0.25, -0.2) is 0 Å². The Kier molecular flexibility index (Phi) is 15.1. The molecule has 364 valence electrons. The number of methoxy groups -OCH3 is 6. The third-order valence-electron chi connectivity index (χ3n) is 14.2. The molecule has 13 nitrogen and oxygen atoms in total. The third kappa shape index (κ3) is 9.38. The van der Waals surface area contributed by atoms with Crippen LogP contribution < -0.4 is 0 Å². The molecular weight excluding hydrogens is 881 g/mol. The number of hydrogen-bond donors (Lipinski definition) is 0. The van der Waals surface area contributed by atoms with Gasteiger partial charge < -0.3 is 61.6 Å². The predicted octanol–water partition coefficient (Wildman–Crippen LogP) is 8.80. The maximum Gasteiger partial charge on any atom is 0.187 e. The molecule has 2 aliphatic rings. The molecule has 2 saturated heterocycles. The molecule has 0 N–H and O–H groups in total. The first kappa shape index (κ1) is 48.0. The van der Waals surface area contributed by atoms with Gasteiger partial charge >= 0.3 is 0 Å². The lowest BCUT2D eigenvalue weighted by molar-refractivity contribution is -0.317. The monoisotopic (exact) mass is 942 g/mol. The minimum Gasteiger partial charge on any atom is -0.377 e. The van der Waals surface area contributed by atoms with Crippen molar-refractivity contribution in [3.63, 3.8) is 0 Å². The highest BCUT2D eigenvalue weighted by atomic mass is 16.7. The molecule has 0 bridgehead atoms. The van der Waals surface area contributed by atoms with Crippen molar-refractivity contribution in [1.29, 1.82) is 0 Å². The highest BCUT2D eigenvalue weighted by Gasteiger charge is 2.49. The van der Waals surface area contributed by atoms with E-state index in [4.69, 9.17) is 61.6 Å². The van der Waals surface area contributed by atoms with Gasteiger partial charge in [0.2, 0.25) is 0 Å². The fourth-order valence-corrected chi connectivity index (χ4v) is 10.8. The zero-order valence-electron chi connectivity index (χ0n) is 40.1. The van der Waals surface area contributed by atoms with E-state index in [2.05, 4.69) is 109 Å². The molecule has 8 aromatic carbocycles. The molecule has 0 radical (unpaired) electrons. The largest absolute Gasteiger partial charge is 0.377 e. The summed E-state index contributed by atoms with van der Waals surface area (Å²) in [6, 6.07) is 38.8. The molecule has 0 unspecified atom stereocenters. The van der Waals surface area contributed by atoms with Gasteiger partial charge in [-0.15, -0.1) is 0 Å². The molecule has 10 rings (SSSR count). The highest BCUT2D eigenvalue weighted by Crippen LogP contribution is 2.39. The molecular formula is C56H62O13. The lowest BCUT2D eigenvalue weighted by Crippen LogP contribution is -2.61. The molecule has 0 aliphatic carbocycles. The van der Waals surface area contributed by atoms with Gasteiger partial charge in [0.15, 0.2) is 12.6 Å². The van der Waals surface area contributed by atoms with Crippen molar-refractivity contribution >= 4 is 64.6 Å². The van der Waals surface area contributed by atoms with Gasteiger partial charge in [0, 0.05) is 42.7 Å². The summed E-state index contributed by atoms with van der Waals surface area (Å²) >= 11 is 0. The summed E-state index contributed by atoms with van der Waals surface area (Å²) in [7, 11) is 9.81. The minimum absolute atomic E-state index is 0.230. The maximum atomic E-state index is 6.54. The molecule has 0 aromatic heterocycles. The van der Waals surface area contributed by atoms with Crippen LogP contribution in [0, 0.1) is 0 Å². The molecule has 0 saturated carbocycles. The van der Waals surface area contributed by atoms with Gasteiger partial charge in [-0.1, -0.05) is 109 Å². The van der Waals surface area contributed by atoms with E-state index in [1.807, 2.05) is 0 Å². The van der Waals surface area contributed by atoms with Gasteiger partial charge in [0.25, 0.3) is 0 Å². The third-order valence-corrected chi connectivity index (χ3v) is 14.2. The predicted molar refractivity (Wildman–Crippen MR) is 264 cm³/mol. The van der Waals surface area contributed by atoms with Crippen LogP contribution in [0.15, 0.2) is 109 Å². The Balaban J connectivity index is 0.704. The second-order valence-electron chi connectivity index (χ2n) is 17.8. The molecule has 69 heavy (non-hydrogen) atoms. The summed E-state index contributed by atoms with van der Waals surface area (Å²) in [5.74, 6) is 0. The van der Waals surface area contributed by atoms with Gasteiger partial charge in [-0.3, -0.25) is 0 Å². The van der Waals surface area contributed by atoms with Crippen LogP contribution in [0.2, 0.25) is 0 Å². The minimum atomic E-state index is -0.738. The lowest BCUT2D eigenvalue weighted by Gasteiger charge is -2.44. The van der Waals surface area contributed by atoms with Gasteiger partial charge in [-0.2, -0.15) is 0 Å². The zero-order valence-corrected chi connectivity index (χ0v) is 40.1. The molecule has 0 spiro atoms. The fourth-order valence-electron chi connectivity index (χ4n) is 10.8. The first-order chi connectivity index (χ1) is 34.0. The fraction of sp³-hybridized carbons (Fsp3) is 0.429. The number of hydrogen-bond acceptors (Lipinski definition) is 13. The molecule has 2 heterocycles. The van der Waals surface area contributed by atoms with Crippen molar-refractivity contribution in [3.05, 3.63) is 120 Å². The Morgan fingerprint density at radius 3 is 1.06 bits per heavy atom. The number of benzene rings is 8. The highest BCUT2D eigenvalue weighted by molar-refractivity contribution is 6.24.